The van der Waals surface area contributed by atoms with Crippen LogP contribution in [0.1, 0.15) is 47.1 Å². The lowest BCUT2D eigenvalue weighted by molar-refractivity contribution is -0.127. The van der Waals surface area contributed by atoms with Crippen molar-refractivity contribution < 1.29 is 14.3 Å². The Labute approximate surface area is 138 Å². The summed E-state index contributed by atoms with van der Waals surface area (Å²) in [6.07, 6.45) is -0.361. The van der Waals surface area contributed by atoms with E-state index >= 15 is 0 Å². The van der Waals surface area contributed by atoms with Gasteiger partial charge >= 0.3 is 6.09 Å². The van der Waals surface area contributed by atoms with E-state index in [0.29, 0.717) is 6.42 Å². The summed E-state index contributed by atoms with van der Waals surface area (Å²) in [6.45, 7) is 10.9. The van der Waals surface area contributed by atoms with Crippen LogP contribution in [-0.2, 0) is 16.0 Å². The first-order valence-corrected chi connectivity index (χ1v) is 7.72. The molecule has 0 aliphatic heterocycles. The van der Waals surface area contributed by atoms with Gasteiger partial charge in [-0.1, -0.05) is 44.2 Å². The topological polar surface area (TPSA) is 93.4 Å². The highest BCUT2D eigenvalue weighted by Crippen LogP contribution is 2.15. The highest BCUT2D eigenvalue weighted by atomic mass is 16.6. The van der Waals surface area contributed by atoms with Crippen LogP contribution in [0.3, 0.4) is 0 Å². The zero-order valence-electron chi connectivity index (χ0n) is 14.9. The molecule has 0 aromatic heterocycles. The van der Waals surface area contributed by atoms with Gasteiger partial charge in [0, 0.05) is 6.42 Å². The number of alkyl carbamates (subject to hydrolysis) is 1. The number of ether oxygens (including phenoxy) is 1. The van der Waals surface area contributed by atoms with Gasteiger partial charge < -0.3 is 10.1 Å². The summed E-state index contributed by atoms with van der Waals surface area (Å²) in [5.74, 6) is 4.73. The van der Waals surface area contributed by atoms with Gasteiger partial charge in [0.2, 0.25) is 0 Å². The van der Waals surface area contributed by atoms with E-state index in [-0.39, 0.29) is 0 Å². The Morgan fingerprint density at radius 2 is 1.61 bits per heavy atom. The van der Waals surface area contributed by atoms with Crippen molar-refractivity contribution in [2.24, 2.45) is 5.84 Å². The Morgan fingerprint density at radius 3 is 2.04 bits per heavy atom. The molecule has 4 N–H and O–H groups in total. The summed E-state index contributed by atoms with van der Waals surface area (Å²) in [5.41, 5.74) is 1.15. The fourth-order valence-corrected chi connectivity index (χ4v) is 1.87. The molecule has 0 saturated carbocycles. The Kier molecular flexibility index (Phi) is 8.32. The number of amides is 2. The predicted octanol–water partition coefficient (Wildman–Crippen LogP) is 2.53. The average Bonchev–Trinajstić information content (AvgIpc) is 2.47. The zero-order valence-corrected chi connectivity index (χ0v) is 14.9. The molecule has 0 heterocycles. The highest BCUT2D eigenvalue weighted by molar-refractivity contribution is 5.89. The molecule has 0 aliphatic rings. The predicted molar refractivity (Wildman–Crippen MR) is 91.6 cm³/mol. The maximum absolute atomic E-state index is 12.0. The third-order valence-corrected chi connectivity index (χ3v) is 2.81. The molecule has 1 aromatic rings. The molecule has 23 heavy (non-hydrogen) atoms. The summed E-state index contributed by atoms with van der Waals surface area (Å²) in [5, 5.41) is 2.60. The number of hydrogen-bond donors (Lipinski definition) is 3. The quantitative estimate of drug-likeness (QED) is 0.451. The SMILES string of the molecule is CC.CC(C)(C)OC(=O)NC(C)(Cc1ccccc1)C(=O)NN. The summed E-state index contributed by atoms with van der Waals surface area (Å²) in [6, 6.07) is 9.36. The average molecular weight is 323 g/mol. The van der Waals surface area contributed by atoms with Gasteiger partial charge in [0.25, 0.3) is 5.91 Å². The van der Waals surface area contributed by atoms with Gasteiger partial charge in [-0.05, 0) is 33.3 Å². The Balaban J connectivity index is 0.00000232. The minimum atomic E-state index is -1.20. The summed E-state index contributed by atoms with van der Waals surface area (Å²) < 4.78 is 5.19. The van der Waals surface area contributed by atoms with Gasteiger partial charge in [-0.15, -0.1) is 0 Å². The second kappa shape index (κ2) is 9.15. The molecular weight excluding hydrogens is 294 g/mol. The first kappa shape index (κ1) is 20.9. The summed E-state index contributed by atoms with van der Waals surface area (Å²) in [7, 11) is 0. The Morgan fingerprint density at radius 1 is 1.09 bits per heavy atom. The van der Waals surface area contributed by atoms with Crippen LogP contribution in [0.25, 0.3) is 0 Å². The van der Waals surface area contributed by atoms with Crippen molar-refractivity contribution in [3.8, 4) is 0 Å². The van der Waals surface area contributed by atoms with Gasteiger partial charge in [0.15, 0.2) is 0 Å². The Bertz CT molecular complexity index is 498. The highest BCUT2D eigenvalue weighted by Gasteiger charge is 2.36. The van der Waals surface area contributed by atoms with Crippen molar-refractivity contribution in [1.82, 2.24) is 10.7 Å². The van der Waals surface area contributed by atoms with Gasteiger partial charge in [0.05, 0.1) is 0 Å². The van der Waals surface area contributed by atoms with Crippen molar-refractivity contribution in [1.29, 1.82) is 0 Å². The molecule has 1 unspecified atom stereocenters. The van der Waals surface area contributed by atoms with E-state index in [4.69, 9.17) is 10.6 Å². The van der Waals surface area contributed by atoms with E-state index in [1.165, 1.54) is 0 Å². The number of carbonyl (C=O) groups excluding carboxylic acids is 2. The maximum atomic E-state index is 12.0. The normalized spacial score (nSPS) is 13.0. The molecule has 1 rings (SSSR count). The molecular formula is C17H29N3O3. The number of hydrazine groups is 1. The lowest BCUT2D eigenvalue weighted by Crippen LogP contribution is -2.60. The molecule has 0 bridgehead atoms. The maximum Gasteiger partial charge on any atom is 0.408 e. The van der Waals surface area contributed by atoms with Crippen molar-refractivity contribution >= 4 is 12.0 Å². The van der Waals surface area contributed by atoms with Crippen molar-refractivity contribution in [2.75, 3.05) is 0 Å². The molecule has 6 heteroatoms. The van der Waals surface area contributed by atoms with E-state index in [1.807, 2.05) is 44.2 Å². The lowest BCUT2D eigenvalue weighted by Gasteiger charge is -2.30. The molecule has 0 spiro atoms. The minimum Gasteiger partial charge on any atom is -0.444 e. The second-order valence-corrected chi connectivity index (χ2v) is 6.09. The van der Waals surface area contributed by atoms with E-state index in [2.05, 4.69) is 10.7 Å². The minimum absolute atomic E-state index is 0.302. The molecule has 0 radical (unpaired) electrons. The molecule has 6 nitrogen and oxygen atoms in total. The summed E-state index contributed by atoms with van der Waals surface area (Å²) >= 11 is 0. The lowest BCUT2D eigenvalue weighted by atomic mass is 9.92. The van der Waals surface area contributed by atoms with E-state index in [0.717, 1.165) is 5.56 Å². The van der Waals surface area contributed by atoms with Crippen LogP contribution in [-0.4, -0.2) is 23.1 Å². The largest absolute Gasteiger partial charge is 0.444 e. The van der Waals surface area contributed by atoms with Crippen LogP contribution >= 0.6 is 0 Å². The van der Waals surface area contributed by atoms with Gasteiger partial charge in [-0.3, -0.25) is 10.2 Å². The zero-order chi connectivity index (χ0) is 18.1. The van der Waals surface area contributed by atoms with Gasteiger partial charge in [0.1, 0.15) is 11.1 Å². The third-order valence-electron chi connectivity index (χ3n) is 2.81. The van der Waals surface area contributed by atoms with Gasteiger partial charge in [-0.25, -0.2) is 10.6 Å². The first-order chi connectivity index (χ1) is 10.7. The van der Waals surface area contributed by atoms with Crippen LogP contribution in [0.4, 0.5) is 4.79 Å². The van der Waals surface area contributed by atoms with Crippen LogP contribution in [0.15, 0.2) is 30.3 Å². The van der Waals surface area contributed by atoms with E-state index < -0.39 is 23.1 Å². The number of nitrogens with two attached hydrogens (primary N) is 1. The number of carbonyl (C=O) groups is 2. The number of hydrogen-bond acceptors (Lipinski definition) is 4. The number of rotatable bonds is 4. The number of benzene rings is 1. The van der Waals surface area contributed by atoms with Crippen molar-refractivity contribution in [3.05, 3.63) is 35.9 Å². The monoisotopic (exact) mass is 323 g/mol. The van der Waals surface area contributed by atoms with E-state index in [1.54, 1.807) is 27.7 Å². The van der Waals surface area contributed by atoms with Crippen LogP contribution in [0.2, 0.25) is 0 Å². The second-order valence-electron chi connectivity index (χ2n) is 6.09. The molecule has 1 aromatic carbocycles. The number of nitrogens with one attached hydrogen (secondary N) is 2. The third kappa shape index (κ3) is 7.65. The smallest absolute Gasteiger partial charge is 0.408 e. The van der Waals surface area contributed by atoms with Crippen molar-refractivity contribution in [2.45, 2.75) is 59.1 Å². The van der Waals surface area contributed by atoms with Crippen LogP contribution in [0, 0.1) is 0 Å². The molecule has 0 saturated heterocycles. The molecule has 2 amide bonds. The van der Waals surface area contributed by atoms with Crippen molar-refractivity contribution in [3.63, 3.8) is 0 Å². The fraction of sp³-hybridized carbons (Fsp3) is 0.529. The standard InChI is InChI=1S/C15H23N3O3.C2H6/c1-14(2,3)21-13(20)17-15(4,12(19)18-16)10-11-8-6-5-7-9-11;1-2/h5-9H,10,16H2,1-4H3,(H,17,20)(H,18,19);1-2H3. The molecule has 0 aliphatic carbocycles. The van der Waals surface area contributed by atoms with Crippen LogP contribution in [0.5, 0.6) is 0 Å². The molecule has 130 valence electrons. The molecule has 1 atom stereocenters. The van der Waals surface area contributed by atoms with Gasteiger partial charge in [-0.2, -0.15) is 0 Å². The van der Waals surface area contributed by atoms with Crippen LogP contribution < -0.4 is 16.6 Å². The Hall–Kier alpha value is -2.08. The first-order valence-electron chi connectivity index (χ1n) is 7.72. The summed E-state index contributed by atoms with van der Waals surface area (Å²) in [4.78, 5) is 24.0. The molecule has 0 fully saturated rings. The fourth-order valence-electron chi connectivity index (χ4n) is 1.87. The van der Waals surface area contributed by atoms with E-state index in [9.17, 15) is 9.59 Å².